The number of hydrogen-bond donors (Lipinski definition) is 2. The Morgan fingerprint density at radius 2 is 2.11 bits per heavy atom. The summed E-state index contributed by atoms with van der Waals surface area (Å²) >= 11 is 5.95. The highest BCUT2D eigenvalue weighted by atomic mass is 35.5. The molecule has 1 amide bonds. The molecule has 0 aliphatic heterocycles. The Bertz CT molecular complexity index is 489. The van der Waals surface area contributed by atoms with Gasteiger partial charge in [0.2, 0.25) is 0 Å². The molecule has 1 rings (SSSR count). The summed E-state index contributed by atoms with van der Waals surface area (Å²) < 4.78 is 0. The van der Waals surface area contributed by atoms with Gasteiger partial charge in [-0.1, -0.05) is 25.4 Å². The Labute approximate surface area is 117 Å². The molecule has 0 fully saturated rings. The Morgan fingerprint density at radius 1 is 1.47 bits per heavy atom. The maximum absolute atomic E-state index is 11.9. The number of carboxylic acids is 1. The Kier molecular flexibility index (Phi) is 5.30. The minimum absolute atomic E-state index is 0.0654. The summed E-state index contributed by atoms with van der Waals surface area (Å²) in [7, 11) is 0. The standard InChI is InChI=1S/C13H17ClN2O3/c1-7(2)9(13(18)19)5-16-12(17)10-6-15-8(3)4-11(10)14/h4,6-7,9H,5H2,1-3H3,(H,16,17)(H,18,19). The van der Waals surface area contributed by atoms with Crippen molar-refractivity contribution in [3.8, 4) is 0 Å². The van der Waals surface area contributed by atoms with E-state index in [1.807, 2.05) is 0 Å². The van der Waals surface area contributed by atoms with Gasteiger partial charge >= 0.3 is 5.97 Å². The van der Waals surface area contributed by atoms with E-state index in [4.69, 9.17) is 16.7 Å². The molecule has 0 spiro atoms. The van der Waals surface area contributed by atoms with Crippen molar-refractivity contribution >= 4 is 23.5 Å². The van der Waals surface area contributed by atoms with Gasteiger partial charge in [0.25, 0.3) is 5.91 Å². The van der Waals surface area contributed by atoms with E-state index >= 15 is 0 Å². The third-order valence-electron chi connectivity index (χ3n) is 2.84. The zero-order valence-corrected chi connectivity index (χ0v) is 11.9. The first kappa shape index (κ1) is 15.4. The minimum Gasteiger partial charge on any atom is -0.481 e. The van der Waals surface area contributed by atoms with Gasteiger partial charge in [0, 0.05) is 18.4 Å². The first-order valence-corrected chi connectivity index (χ1v) is 6.34. The summed E-state index contributed by atoms with van der Waals surface area (Å²) in [4.78, 5) is 26.9. The second kappa shape index (κ2) is 6.52. The molecule has 1 atom stereocenters. The summed E-state index contributed by atoms with van der Waals surface area (Å²) in [6, 6.07) is 1.59. The SMILES string of the molecule is Cc1cc(Cl)c(C(=O)NCC(C(=O)O)C(C)C)cn1. The van der Waals surface area contributed by atoms with Crippen molar-refractivity contribution in [2.45, 2.75) is 20.8 Å². The van der Waals surface area contributed by atoms with Crippen molar-refractivity contribution in [1.29, 1.82) is 0 Å². The molecule has 0 aliphatic carbocycles. The van der Waals surface area contributed by atoms with Crippen molar-refractivity contribution in [3.63, 3.8) is 0 Å². The topological polar surface area (TPSA) is 79.3 Å². The Balaban J connectivity index is 2.72. The van der Waals surface area contributed by atoms with E-state index in [1.54, 1.807) is 26.8 Å². The van der Waals surface area contributed by atoms with Gasteiger partial charge in [-0.2, -0.15) is 0 Å². The molecule has 1 aromatic rings. The van der Waals surface area contributed by atoms with Crippen molar-refractivity contribution < 1.29 is 14.7 Å². The normalized spacial score (nSPS) is 12.3. The fourth-order valence-corrected chi connectivity index (χ4v) is 1.89. The van der Waals surface area contributed by atoms with E-state index in [1.165, 1.54) is 6.20 Å². The largest absolute Gasteiger partial charge is 0.481 e. The molecule has 6 heteroatoms. The predicted octanol–water partition coefficient (Wildman–Crippen LogP) is 2.13. The smallest absolute Gasteiger partial charge is 0.308 e. The number of nitrogens with zero attached hydrogens (tertiary/aromatic N) is 1. The molecule has 0 saturated carbocycles. The van der Waals surface area contributed by atoms with Crippen LogP contribution in [-0.4, -0.2) is 28.5 Å². The van der Waals surface area contributed by atoms with Crippen LogP contribution in [0.15, 0.2) is 12.3 Å². The lowest BCUT2D eigenvalue weighted by atomic mass is 9.96. The summed E-state index contributed by atoms with van der Waals surface area (Å²) in [6.07, 6.45) is 1.39. The van der Waals surface area contributed by atoms with Crippen molar-refractivity contribution in [1.82, 2.24) is 10.3 Å². The molecule has 1 unspecified atom stereocenters. The molecule has 0 radical (unpaired) electrons. The molecule has 2 N–H and O–H groups in total. The number of aliphatic carboxylic acids is 1. The fraction of sp³-hybridized carbons (Fsp3) is 0.462. The van der Waals surface area contributed by atoms with Crippen LogP contribution in [0.25, 0.3) is 0 Å². The summed E-state index contributed by atoms with van der Waals surface area (Å²) in [5.41, 5.74) is 0.965. The average molecular weight is 285 g/mol. The molecule has 1 heterocycles. The predicted molar refractivity (Wildman–Crippen MR) is 72.3 cm³/mol. The number of halogens is 1. The summed E-state index contributed by atoms with van der Waals surface area (Å²) in [6.45, 7) is 5.43. The van der Waals surface area contributed by atoms with Crippen LogP contribution in [0.2, 0.25) is 5.02 Å². The first-order chi connectivity index (χ1) is 8.82. The number of pyridine rings is 1. The lowest BCUT2D eigenvalue weighted by molar-refractivity contribution is -0.142. The van der Waals surface area contributed by atoms with E-state index in [0.29, 0.717) is 10.7 Å². The first-order valence-electron chi connectivity index (χ1n) is 5.96. The maximum Gasteiger partial charge on any atom is 0.308 e. The highest BCUT2D eigenvalue weighted by molar-refractivity contribution is 6.33. The van der Waals surface area contributed by atoms with E-state index in [9.17, 15) is 9.59 Å². The number of carbonyl (C=O) groups is 2. The van der Waals surface area contributed by atoms with E-state index < -0.39 is 17.8 Å². The highest BCUT2D eigenvalue weighted by Gasteiger charge is 2.22. The third kappa shape index (κ3) is 4.21. The molecule has 5 nitrogen and oxygen atoms in total. The monoisotopic (exact) mass is 284 g/mol. The van der Waals surface area contributed by atoms with E-state index in [0.717, 1.165) is 0 Å². The Morgan fingerprint density at radius 3 is 2.58 bits per heavy atom. The van der Waals surface area contributed by atoms with Crippen LogP contribution in [0, 0.1) is 18.8 Å². The third-order valence-corrected chi connectivity index (χ3v) is 3.15. The van der Waals surface area contributed by atoms with Crippen LogP contribution >= 0.6 is 11.6 Å². The zero-order valence-electron chi connectivity index (χ0n) is 11.1. The van der Waals surface area contributed by atoms with Crippen LogP contribution in [0.3, 0.4) is 0 Å². The molecule has 0 saturated heterocycles. The van der Waals surface area contributed by atoms with Gasteiger partial charge < -0.3 is 10.4 Å². The van der Waals surface area contributed by atoms with Crippen LogP contribution in [0.1, 0.15) is 29.9 Å². The van der Waals surface area contributed by atoms with Crippen LogP contribution in [-0.2, 0) is 4.79 Å². The highest BCUT2D eigenvalue weighted by Crippen LogP contribution is 2.16. The number of carbonyl (C=O) groups excluding carboxylic acids is 1. The number of carboxylic acid groups (broad SMARTS) is 1. The van der Waals surface area contributed by atoms with Crippen molar-refractivity contribution in [3.05, 3.63) is 28.5 Å². The van der Waals surface area contributed by atoms with Crippen molar-refractivity contribution in [2.24, 2.45) is 11.8 Å². The molecule has 0 aliphatic rings. The fourth-order valence-electron chi connectivity index (χ4n) is 1.60. The van der Waals surface area contributed by atoms with Gasteiger partial charge in [-0.05, 0) is 18.9 Å². The second-order valence-electron chi connectivity index (χ2n) is 4.70. The zero-order chi connectivity index (χ0) is 14.6. The van der Waals surface area contributed by atoms with Crippen LogP contribution in [0.5, 0.6) is 0 Å². The lowest BCUT2D eigenvalue weighted by Gasteiger charge is -2.16. The molecule has 104 valence electrons. The van der Waals surface area contributed by atoms with Gasteiger partial charge in [-0.15, -0.1) is 0 Å². The Hall–Kier alpha value is -1.62. The molecule has 0 bridgehead atoms. The van der Waals surface area contributed by atoms with Gasteiger partial charge in [0.15, 0.2) is 0 Å². The van der Waals surface area contributed by atoms with Crippen LogP contribution < -0.4 is 5.32 Å². The number of amides is 1. The van der Waals surface area contributed by atoms with E-state index in [-0.39, 0.29) is 18.0 Å². The van der Waals surface area contributed by atoms with Gasteiger partial charge in [0.05, 0.1) is 16.5 Å². The maximum atomic E-state index is 11.9. The van der Waals surface area contributed by atoms with Gasteiger partial charge in [0.1, 0.15) is 0 Å². The molecule has 19 heavy (non-hydrogen) atoms. The number of rotatable bonds is 5. The van der Waals surface area contributed by atoms with Gasteiger partial charge in [-0.25, -0.2) is 0 Å². The molecular weight excluding hydrogens is 268 g/mol. The second-order valence-corrected chi connectivity index (χ2v) is 5.11. The number of aromatic nitrogens is 1. The average Bonchev–Trinajstić information content (AvgIpc) is 2.27. The summed E-state index contributed by atoms with van der Waals surface area (Å²) in [5.74, 6) is -2.03. The van der Waals surface area contributed by atoms with Crippen molar-refractivity contribution in [2.75, 3.05) is 6.54 Å². The molecule has 0 aromatic carbocycles. The molecule has 1 aromatic heterocycles. The number of aryl methyl sites for hydroxylation is 1. The minimum atomic E-state index is -0.927. The van der Waals surface area contributed by atoms with E-state index in [2.05, 4.69) is 10.3 Å². The number of hydrogen-bond acceptors (Lipinski definition) is 3. The number of nitrogens with one attached hydrogen (secondary N) is 1. The quantitative estimate of drug-likeness (QED) is 0.868. The molecular formula is C13H17ClN2O3. The van der Waals surface area contributed by atoms with Gasteiger partial charge in [-0.3, -0.25) is 14.6 Å². The summed E-state index contributed by atoms with van der Waals surface area (Å²) in [5, 5.41) is 11.9. The van der Waals surface area contributed by atoms with Crippen LogP contribution in [0.4, 0.5) is 0 Å². The lowest BCUT2D eigenvalue weighted by Crippen LogP contribution is -2.35.